The van der Waals surface area contributed by atoms with E-state index < -0.39 is 52.9 Å². The summed E-state index contributed by atoms with van der Waals surface area (Å²) >= 11 is 0. The first-order chi connectivity index (χ1) is 28.2. The molecular formula is C48H96N6O8. The van der Waals surface area contributed by atoms with Crippen molar-refractivity contribution in [1.29, 1.82) is 10.8 Å². The zero-order valence-corrected chi connectivity index (χ0v) is 42.4. The summed E-state index contributed by atoms with van der Waals surface area (Å²) in [6.45, 7) is 36.4. The van der Waals surface area contributed by atoms with Gasteiger partial charge in [0, 0.05) is 53.9 Å². The van der Waals surface area contributed by atoms with Crippen molar-refractivity contribution in [3.8, 4) is 0 Å². The Bertz CT molecular complexity index is 1390. The largest absolute Gasteiger partial charge is 0.387 e. The first-order valence-electron chi connectivity index (χ1n) is 23.5. The molecule has 0 saturated carbocycles. The molecule has 366 valence electrons. The highest BCUT2D eigenvalue weighted by Crippen LogP contribution is 2.39. The molecule has 0 heterocycles. The molecule has 2 amide bonds. The van der Waals surface area contributed by atoms with Gasteiger partial charge in [0.2, 0.25) is 0 Å². The molecule has 7 atom stereocenters. The number of aliphatic hydroxyl groups is 4. The fourth-order valence-electron chi connectivity index (χ4n) is 8.05. The number of hydrogen-bond donors (Lipinski definition) is 10. The molecule has 0 aliphatic rings. The van der Waals surface area contributed by atoms with Gasteiger partial charge in [-0.3, -0.25) is 15.0 Å². The predicted molar refractivity (Wildman–Crippen MR) is 253 cm³/mol. The lowest BCUT2D eigenvalue weighted by molar-refractivity contribution is -0.157. The predicted octanol–water partition coefficient (Wildman–Crippen LogP) is 6.78. The van der Waals surface area contributed by atoms with Crippen molar-refractivity contribution in [2.45, 2.75) is 241 Å². The van der Waals surface area contributed by atoms with E-state index in [0.717, 1.165) is 50.8 Å². The third-order valence-electron chi connectivity index (χ3n) is 12.8. The van der Waals surface area contributed by atoms with E-state index in [2.05, 4.69) is 97.4 Å². The quantitative estimate of drug-likeness (QED) is 0.0245. The Hall–Kier alpha value is -2.20. The fourth-order valence-corrected chi connectivity index (χ4v) is 8.05. The fraction of sp³-hybridized carbons (Fsp3) is 0.917. The van der Waals surface area contributed by atoms with E-state index in [4.69, 9.17) is 20.3 Å². The molecule has 0 aromatic heterocycles. The summed E-state index contributed by atoms with van der Waals surface area (Å²) in [5.74, 6) is -1.25. The van der Waals surface area contributed by atoms with Crippen LogP contribution in [-0.2, 0) is 19.1 Å². The Morgan fingerprint density at radius 1 is 0.613 bits per heavy atom. The van der Waals surface area contributed by atoms with Crippen LogP contribution in [0.15, 0.2) is 0 Å². The number of ether oxygens (including phenoxy) is 2. The SMILES string of the molecule is CCCC(C)(C)NCCC(C)(CC)OCCC(C)(C)NC(=O)[C@@H](O)[C@H](O)[C@H](O)[C@@H](O)C(=O)NC(C)(C)CCOC(C)(CC)CCNC(=N)CC(C)(C)CC(C)(C)C(=N)C(C)CC. The molecule has 0 radical (unpaired) electrons. The van der Waals surface area contributed by atoms with Gasteiger partial charge in [-0.1, -0.05) is 68.7 Å². The number of amidine groups is 1. The summed E-state index contributed by atoms with van der Waals surface area (Å²) in [5.41, 5.74) is -2.23. The molecule has 0 spiro atoms. The van der Waals surface area contributed by atoms with Crippen LogP contribution < -0.4 is 21.3 Å². The average molecular weight is 885 g/mol. The van der Waals surface area contributed by atoms with Crippen molar-refractivity contribution in [3.63, 3.8) is 0 Å². The van der Waals surface area contributed by atoms with Crippen LogP contribution in [0.1, 0.15) is 188 Å². The molecule has 0 rings (SSSR count). The molecule has 0 bridgehead atoms. The molecule has 0 saturated heterocycles. The van der Waals surface area contributed by atoms with E-state index >= 15 is 0 Å². The molecule has 10 N–H and O–H groups in total. The molecule has 62 heavy (non-hydrogen) atoms. The number of aliphatic hydroxyl groups excluding tert-OH is 4. The molecule has 0 aliphatic carbocycles. The van der Waals surface area contributed by atoms with Gasteiger partial charge in [0.05, 0.1) is 17.0 Å². The first-order valence-corrected chi connectivity index (χ1v) is 23.5. The normalized spacial score (nSPS) is 17.5. The number of rotatable bonds is 33. The third-order valence-corrected chi connectivity index (χ3v) is 12.8. The van der Waals surface area contributed by atoms with Crippen LogP contribution in [0, 0.1) is 27.6 Å². The van der Waals surface area contributed by atoms with Crippen LogP contribution in [0.3, 0.4) is 0 Å². The van der Waals surface area contributed by atoms with Gasteiger partial charge in [0.1, 0.15) is 12.2 Å². The zero-order chi connectivity index (χ0) is 48.5. The van der Waals surface area contributed by atoms with Gasteiger partial charge in [0.15, 0.2) is 12.2 Å². The average Bonchev–Trinajstić information content (AvgIpc) is 3.14. The van der Waals surface area contributed by atoms with Crippen LogP contribution in [0.2, 0.25) is 0 Å². The van der Waals surface area contributed by atoms with E-state index in [0.29, 0.717) is 51.1 Å². The van der Waals surface area contributed by atoms with Gasteiger partial charge in [-0.05, 0) is 131 Å². The van der Waals surface area contributed by atoms with Crippen LogP contribution >= 0.6 is 0 Å². The van der Waals surface area contributed by atoms with Crippen LogP contribution in [0.4, 0.5) is 0 Å². The minimum atomic E-state index is -2.15. The summed E-state index contributed by atoms with van der Waals surface area (Å²) in [6, 6.07) is 0. The van der Waals surface area contributed by atoms with Crippen LogP contribution in [0.25, 0.3) is 0 Å². The topological polar surface area (TPSA) is 229 Å². The smallest absolute Gasteiger partial charge is 0.252 e. The molecule has 0 aromatic rings. The second kappa shape index (κ2) is 25.5. The summed E-state index contributed by atoms with van der Waals surface area (Å²) in [6.07, 6.45) is -0.359. The summed E-state index contributed by atoms with van der Waals surface area (Å²) in [7, 11) is 0. The van der Waals surface area contributed by atoms with E-state index in [1.807, 2.05) is 13.8 Å². The summed E-state index contributed by atoms with van der Waals surface area (Å²) in [4.78, 5) is 26.1. The van der Waals surface area contributed by atoms with Gasteiger partial charge in [-0.25, -0.2) is 0 Å². The summed E-state index contributed by atoms with van der Waals surface area (Å²) in [5, 5.41) is 72.3. The van der Waals surface area contributed by atoms with E-state index in [1.165, 1.54) is 0 Å². The molecule has 14 heteroatoms. The lowest BCUT2D eigenvalue weighted by atomic mass is 9.68. The first kappa shape index (κ1) is 59.8. The van der Waals surface area contributed by atoms with Gasteiger partial charge >= 0.3 is 0 Å². The van der Waals surface area contributed by atoms with Gasteiger partial charge < -0.3 is 56.6 Å². The van der Waals surface area contributed by atoms with Crippen molar-refractivity contribution >= 4 is 23.4 Å². The van der Waals surface area contributed by atoms with E-state index in [9.17, 15) is 30.0 Å². The Morgan fingerprint density at radius 2 is 1.03 bits per heavy atom. The molecule has 0 fully saturated rings. The lowest BCUT2D eigenvalue weighted by Gasteiger charge is -2.37. The van der Waals surface area contributed by atoms with Crippen LogP contribution in [0.5, 0.6) is 0 Å². The lowest BCUT2D eigenvalue weighted by Crippen LogP contribution is -2.58. The monoisotopic (exact) mass is 885 g/mol. The summed E-state index contributed by atoms with van der Waals surface area (Å²) < 4.78 is 12.6. The molecule has 3 unspecified atom stereocenters. The Morgan fingerprint density at radius 3 is 1.42 bits per heavy atom. The minimum absolute atomic E-state index is 0.0446. The number of carbonyl (C=O) groups is 2. The number of nitrogens with one attached hydrogen (secondary N) is 6. The van der Waals surface area contributed by atoms with E-state index in [1.54, 1.807) is 27.7 Å². The number of amides is 2. The van der Waals surface area contributed by atoms with Crippen molar-refractivity contribution in [1.82, 2.24) is 21.3 Å². The third kappa shape index (κ3) is 22.1. The maximum absolute atomic E-state index is 13.1. The number of hydrogen-bond acceptors (Lipinski definition) is 11. The van der Waals surface area contributed by atoms with E-state index in [-0.39, 0.29) is 34.5 Å². The van der Waals surface area contributed by atoms with Crippen molar-refractivity contribution in [3.05, 3.63) is 0 Å². The molecule has 0 aliphatic heterocycles. The Labute approximate surface area is 377 Å². The Kier molecular flexibility index (Phi) is 24.6. The number of carbonyl (C=O) groups excluding carboxylic acids is 2. The van der Waals surface area contributed by atoms with Crippen molar-refractivity contribution in [2.75, 3.05) is 26.3 Å². The molecule has 14 nitrogen and oxygen atoms in total. The van der Waals surface area contributed by atoms with Gasteiger partial charge in [-0.2, -0.15) is 0 Å². The highest BCUT2D eigenvalue weighted by atomic mass is 16.5. The molecular weight excluding hydrogens is 789 g/mol. The van der Waals surface area contributed by atoms with Gasteiger partial charge in [0.25, 0.3) is 11.8 Å². The highest BCUT2D eigenvalue weighted by Gasteiger charge is 2.40. The maximum atomic E-state index is 13.1. The zero-order valence-electron chi connectivity index (χ0n) is 42.4. The Balaban J connectivity index is 5.06. The standard InChI is InChI=1S/C48H96N6O8/c1-18-22-44(10,11)52-28-24-48(17,21-4)62-30-26-46(14,15)54-41(60)38(58)36(56)35(55)37(57)40(59)53-45(12,13)25-29-61-47(16,20-3)23-27-51-34(49)31-42(6,7)32-43(8,9)39(50)33(5)19-2/h33,35-38,50,52,55-58H,18-32H2,1-17H3,(H2,49,51)(H,53,59)(H,54,60)/t33?,35-,36+,37+,38-,47?,48?/m0/s1. The van der Waals surface area contributed by atoms with Crippen molar-refractivity contribution < 1.29 is 39.5 Å². The highest BCUT2D eigenvalue weighted by molar-refractivity contribution is 5.89. The second-order valence-corrected chi connectivity index (χ2v) is 22.0. The second-order valence-electron chi connectivity index (χ2n) is 22.0. The van der Waals surface area contributed by atoms with Gasteiger partial charge in [-0.15, -0.1) is 0 Å². The van der Waals surface area contributed by atoms with Crippen molar-refractivity contribution in [2.24, 2.45) is 16.7 Å². The minimum Gasteiger partial charge on any atom is -0.387 e. The molecule has 0 aromatic carbocycles. The van der Waals surface area contributed by atoms with Crippen LogP contribution in [-0.4, -0.2) is 122 Å². The maximum Gasteiger partial charge on any atom is 0.252 e.